The monoisotopic (exact) mass is 394 g/mol. The highest BCUT2D eigenvalue weighted by molar-refractivity contribution is 14.1. The van der Waals surface area contributed by atoms with Gasteiger partial charge in [0.25, 0.3) is 0 Å². The Kier molecular flexibility index (Phi) is 5.97. The molecule has 0 unspecified atom stereocenters. The number of piperidine rings is 2. The fourth-order valence-corrected chi connectivity index (χ4v) is 4.05. The van der Waals surface area contributed by atoms with Gasteiger partial charge >= 0.3 is 0 Å². The summed E-state index contributed by atoms with van der Waals surface area (Å²) in [6, 6.07) is 0. The van der Waals surface area contributed by atoms with E-state index in [4.69, 9.17) is 7.80 Å². The fraction of sp³-hybridized carbons (Fsp3) is 1.00. The molecule has 0 aromatic rings. The predicted octanol–water partition coefficient (Wildman–Crippen LogP) is 2.36. The van der Waals surface area contributed by atoms with Crippen molar-refractivity contribution in [3.8, 4) is 0 Å². The highest BCUT2D eigenvalue weighted by Crippen LogP contribution is 2.30. The zero-order valence-corrected chi connectivity index (χ0v) is 14.4. The molecule has 2 saturated heterocycles. The summed E-state index contributed by atoms with van der Waals surface area (Å²) in [5.41, 5.74) is 0. The summed E-state index contributed by atoms with van der Waals surface area (Å²) in [5, 5.41) is 3.45. The van der Waals surface area contributed by atoms with Gasteiger partial charge in [-0.3, -0.25) is 0 Å². The van der Waals surface area contributed by atoms with Crippen LogP contribution in [0.25, 0.3) is 0 Å². The summed E-state index contributed by atoms with van der Waals surface area (Å²) in [4.78, 5) is 2.66. The SMILES string of the molecule is IOC1CC(OC2CCN(CC3CCNCC3)CC2)C1. The Morgan fingerprint density at radius 2 is 1.65 bits per heavy atom. The first-order valence-corrected chi connectivity index (χ1v) is 9.07. The normalized spacial score (nSPS) is 34.0. The second-order valence-electron chi connectivity index (χ2n) is 6.63. The summed E-state index contributed by atoms with van der Waals surface area (Å²) in [7, 11) is 0. The Hall–Kier alpha value is 0.570. The predicted molar refractivity (Wildman–Crippen MR) is 88.1 cm³/mol. The highest BCUT2D eigenvalue weighted by atomic mass is 127. The Morgan fingerprint density at radius 3 is 2.30 bits per heavy atom. The average Bonchev–Trinajstić information content (AvgIpc) is 2.45. The smallest absolute Gasteiger partial charge is 0.110 e. The summed E-state index contributed by atoms with van der Waals surface area (Å²) in [5.74, 6) is 0.918. The second kappa shape index (κ2) is 7.72. The minimum Gasteiger partial charge on any atom is -0.375 e. The lowest BCUT2D eigenvalue weighted by atomic mass is 9.91. The molecule has 3 aliphatic rings. The zero-order chi connectivity index (χ0) is 13.8. The van der Waals surface area contributed by atoms with Gasteiger partial charge in [0.2, 0.25) is 0 Å². The molecule has 2 heterocycles. The minimum absolute atomic E-state index is 0.445. The van der Waals surface area contributed by atoms with Gasteiger partial charge in [0, 0.05) is 32.5 Å². The molecule has 0 amide bonds. The van der Waals surface area contributed by atoms with E-state index in [1.54, 1.807) is 0 Å². The van der Waals surface area contributed by atoms with Crippen LogP contribution in [-0.2, 0) is 7.80 Å². The highest BCUT2D eigenvalue weighted by Gasteiger charge is 2.33. The number of halogens is 1. The number of nitrogens with zero attached hydrogens (tertiary/aromatic N) is 1. The Bertz CT molecular complexity index is 286. The van der Waals surface area contributed by atoms with Gasteiger partial charge in [-0.1, -0.05) is 0 Å². The first-order chi connectivity index (χ1) is 9.83. The van der Waals surface area contributed by atoms with Crippen molar-refractivity contribution < 1.29 is 7.80 Å². The van der Waals surface area contributed by atoms with Crippen LogP contribution in [0.4, 0.5) is 0 Å². The van der Waals surface area contributed by atoms with Gasteiger partial charge in [0.1, 0.15) is 23.0 Å². The van der Waals surface area contributed by atoms with Gasteiger partial charge in [-0.05, 0) is 44.7 Å². The number of ether oxygens (including phenoxy) is 1. The molecule has 5 heteroatoms. The molecular weight excluding hydrogens is 367 g/mol. The number of hydrogen-bond donors (Lipinski definition) is 1. The van der Waals surface area contributed by atoms with Gasteiger partial charge in [-0.25, -0.2) is 0 Å². The maximum Gasteiger partial charge on any atom is 0.110 e. The molecule has 1 saturated carbocycles. The standard InChI is InChI=1S/C15H27IN2O2/c16-20-15-9-14(10-15)19-13-3-7-18(8-4-13)11-12-1-5-17-6-2-12/h12-15,17H,1-11H2. The van der Waals surface area contributed by atoms with E-state index < -0.39 is 0 Å². The van der Waals surface area contributed by atoms with Crippen molar-refractivity contribution in [2.45, 2.75) is 56.8 Å². The van der Waals surface area contributed by atoms with E-state index in [1.165, 1.54) is 58.4 Å². The van der Waals surface area contributed by atoms with Crippen LogP contribution in [0.5, 0.6) is 0 Å². The molecule has 1 aliphatic carbocycles. The van der Waals surface area contributed by atoms with E-state index in [9.17, 15) is 0 Å². The minimum atomic E-state index is 0.445. The lowest BCUT2D eigenvalue weighted by Gasteiger charge is -2.40. The molecule has 3 rings (SSSR count). The van der Waals surface area contributed by atoms with Crippen LogP contribution >= 0.6 is 23.0 Å². The van der Waals surface area contributed by atoms with Crippen LogP contribution in [0.1, 0.15) is 38.5 Å². The average molecular weight is 394 g/mol. The summed E-state index contributed by atoms with van der Waals surface area (Å²) in [6.45, 7) is 6.20. The molecule has 0 spiro atoms. The third kappa shape index (κ3) is 4.29. The number of nitrogens with one attached hydrogen (secondary N) is 1. The summed E-state index contributed by atoms with van der Waals surface area (Å²) >= 11 is 2.01. The maximum atomic E-state index is 6.18. The maximum absolute atomic E-state index is 6.18. The lowest BCUT2D eigenvalue weighted by molar-refractivity contribution is -0.104. The van der Waals surface area contributed by atoms with Crippen molar-refractivity contribution in [1.82, 2.24) is 10.2 Å². The third-order valence-electron chi connectivity index (χ3n) is 5.07. The molecule has 0 aromatic heterocycles. The van der Waals surface area contributed by atoms with Gasteiger partial charge in [0.05, 0.1) is 18.3 Å². The molecule has 0 bridgehead atoms. The van der Waals surface area contributed by atoms with E-state index in [1.807, 2.05) is 23.0 Å². The molecule has 0 atom stereocenters. The Labute approximate surface area is 136 Å². The van der Waals surface area contributed by atoms with Crippen LogP contribution in [0, 0.1) is 5.92 Å². The van der Waals surface area contributed by atoms with Crippen molar-refractivity contribution in [3.63, 3.8) is 0 Å². The van der Waals surface area contributed by atoms with Gasteiger partial charge < -0.3 is 18.0 Å². The van der Waals surface area contributed by atoms with Crippen molar-refractivity contribution in [2.75, 3.05) is 32.7 Å². The van der Waals surface area contributed by atoms with E-state index in [0.717, 1.165) is 18.8 Å². The molecule has 0 radical (unpaired) electrons. The van der Waals surface area contributed by atoms with E-state index in [0.29, 0.717) is 18.3 Å². The van der Waals surface area contributed by atoms with Crippen LogP contribution in [0.3, 0.4) is 0 Å². The van der Waals surface area contributed by atoms with E-state index in [2.05, 4.69) is 10.2 Å². The third-order valence-corrected chi connectivity index (χ3v) is 5.79. The molecule has 4 nitrogen and oxygen atoms in total. The van der Waals surface area contributed by atoms with Crippen LogP contribution in [-0.4, -0.2) is 55.9 Å². The Balaban J connectivity index is 1.30. The molecule has 1 N–H and O–H groups in total. The zero-order valence-electron chi connectivity index (χ0n) is 12.2. The van der Waals surface area contributed by atoms with E-state index in [-0.39, 0.29) is 0 Å². The van der Waals surface area contributed by atoms with Crippen LogP contribution in [0.15, 0.2) is 0 Å². The van der Waals surface area contributed by atoms with Gasteiger partial charge in [-0.15, -0.1) is 0 Å². The number of likely N-dealkylation sites (tertiary alicyclic amines) is 1. The lowest BCUT2D eigenvalue weighted by Crippen LogP contribution is -2.44. The van der Waals surface area contributed by atoms with Crippen molar-refractivity contribution >= 4 is 23.0 Å². The van der Waals surface area contributed by atoms with Gasteiger partial charge in [0.15, 0.2) is 0 Å². The first-order valence-electron chi connectivity index (χ1n) is 8.19. The molecule has 2 aliphatic heterocycles. The molecular formula is C15H27IN2O2. The second-order valence-corrected chi connectivity index (χ2v) is 7.14. The van der Waals surface area contributed by atoms with Gasteiger partial charge in [-0.2, -0.15) is 0 Å². The van der Waals surface area contributed by atoms with Crippen molar-refractivity contribution in [1.29, 1.82) is 0 Å². The largest absolute Gasteiger partial charge is 0.375 e. The molecule has 3 fully saturated rings. The van der Waals surface area contributed by atoms with E-state index >= 15 is 0 Å². The summed E-state index contributed by atoms with van der Waals surface area (Å²) < 4.78 is 11.5. The molecule has 0 aromatic carbocycles. The fourth-order valence-electron chi connectivity index (χ4n) is 3.63. The van der Waals surface area contributed by atoms with Crippen LogP contribution in [0.2, 0.25) is 0 Å². The first kappa shape index (κ1) is 15.5. The Morgan fingerprint density at radius 1 is 0.950 bits per heavy atom. The molecule has 116 valence electrons. The molecule has 20 heavy (non-hydrogen) atoms. The van der Waals surface area contributed by atoms with Crippen molar-refractivity contribution in [2.24, 2.45) is 5.92 Å². The van der Waals surface area contributed by atoms with Crippen molar-refractivity contribution in [3.05, 3.63) is 0 Å². The number of rotatable bonds is 5. The quantitative estimate of drug-likeness (QED) is 0.727. The number of hydrogen-bond acceptors (Lipinski definition) is 4. The topological polar surface area (TPSA) is 33.7 Å². The summed E-state index contributed by atoms with van der Waals surface area (Å²) in [6.07, 6.45) is 8.76. The van der Waals surface area contributed by atoms with Crippen LogP contribution < -0.4 is 5.32 Å².